The molecule has 0 aromatic rings. The zero-order chi connectivity index (χ0) is 17.5. The highest BCUT2D eigenvalue weighted by Gasteiger charge is 2.59. The average molecular weight is 359 g/mol. The predicted molar refractivity (Wildman–Crippen MR) is 86.8 cm³/mol. The minimum absolute atomic E-state index is 0.0854. The number of amides is 1. The van der Waals surface area contributed by atoms with E-state index >= 15 is 0 Å². The summed E-state index contributed by atoms with van der Waals surface area (Å²) in [5.74, 6) is -1.29. The van der Waals surface area contributed by atoms with Gasteiger partial charge in [0.1, 0.15) is 5.41 Å². The monoisotopic (exact) mass is 359 g/mol. The Morgan fingerprint density at radius 1 is 1.21 bits per heavy atom. The molecule has 3 aliphatic rings. The molecule has 0 aromatic carbocycles. The van der Waals surface area contributed by atoms with Crippen molar-refractivity contribution < 1.29 is 23.1 Å². The number of aliphatic carboxylic acids is 1. The first-order chi connectivity index (χ1) is 11.2. The molecule has 9 heteroatoms. The highest BCUT2D eigenvalue weighted by molar-refractivity contribution is 7.88. The summed E-state index contributed by atoms with van der Waals surface area (Å²) >= 11 is 0. The lowest BCUT2D eigenvalue weighted by Gasteiger charge is -2.28. The number of carbonyl (C=O) groups is 2. The Labute approximate surface area is 142 Å². The van der Waals surface area contributed by atoms with Crippen molar-refractivity contribution in [2.45, 2.75) is 31.7 Å². The van der Waals surface area contributed by atoms with Crippen LogP contribution in [0.4, 0.5) is 0 Å². The van der Waals surface area contributed by atoms with Crippen molar-refractivity contribution in [2.75, 3.05) is 39.0 Å². The van der Waals surface area contributed by atoms with Gasteiger partial charge in [-0.25, -0.2) is 13.1 Å². The van der Waals surface area contributed by atoms with E-state index in [1.807, 2.05) is 0 Å². The fourth-order valence-electron chi connectivity index (χ4n) is 4.45. The first-order valence-electron chi connectivity index (χ1n) is 8.41. The van der Waals surface area contributed by atoms with E-state index in [-0.39, 0.29) is 24.9 Å². The Kier molecular flexibility index (Phi) is 4.61. The van der Waals surface area contributed by atoms with Crippen LogP contribution in [0.25, 0.3) is 0 Å². The molecule has 2 aliphatic heterocycles. The first kappa shape index (κ1) is 17.6. The summed E-state index contributed by atoms with van der Waals surface area (Å²) in [5.41, 5.74) is -0.913. The largest absolute Gasteiger partial charge is 0.481 e. The second-order valence-electron chi connectivity index (χ2n) is 7.39. The van der Waals surface area contributed by atoms with Crippen LogP contribution >= 0.6 is 0 Å². The zero-order valence-electron chi connectivity index (χ0n) is 13.9. The molecule has 2 N–H and O–H groups in total. The molecule has 3 fully saturated rings. The van der Waals surface area contributed by atoms with Gasteiger partial charge in [0.2, 0.25) is 15.9 Å². The molecule has 24 heavy (non-hydrogen) atoms. The van der Waals surface area contributed by atoms with Crippen LogP contribution in [0.15, 0.2) is 0 Å². The van der Waals surface area contributed by atoms with Gasteiger partial charge in [-0.3, -0.25) is 14.5 Å². The number of hydrogen-bond donors (Lipinski definition) is 2. The number of nitrogens with zero attached hydrogens (tertiary/aromatic N) is 2. The van der Waals surface area contributed by atoms with Crippen molar-refractivity contribution >= 4 is 21.9 Å². The lowest BCUT2D eigenvalue weighted by Crippen LogP contribution is -2.45. The van der Waals surface area contributed by atoms with E-state index < -0.39 is 21.4 Å². The average Bonchev–Trinajstić information content (AvgIpc) is 3.16. The lowest BCUT2D eigenvalue weighted by atomic mass is 9.81. The van der Waals surface area contributed by atoms with Gasteiger partial charge in [-0.15, -0.1) is 0 Å². The number of carbonyl (C=O) groups excluding carboxylic acids is 1. The van der Waals surface area contributed by atoms with Crippen molar-refractivity contribution in [3.8, 4) is 0 Å². The van der Waals surface area contributed by atoms with Crippen molar-refractivity contribution in [2.24, 2.45) is 11.3 Å². The quantitative estimate of drug-likeness (QED) is 0.674. The minimum atomic E-state index is -3.44. The van der Waals surface area contributed by atoms with Crippen molar-refractivity contribution in [1.82, 2.24) is 14.5 Å². The highest BCUT2D eigenvalue weighted by atomic mass is 32.2. The van der Waals surface area contributed by atoms with E-state index in [2.05, 4.69) is 9.62 Å². The Bertz CT molecular complexity index is 631. The van der Waals surface area contributed by atoms with Gasteiger partial charge in [0.25, 0.3) is 0 Å². The number of fused-ring (bicyclic) bond motifs is 1. The molecule has 0 bridgehead atoms. The molecule has 0 unspecified atom stereocenters. The summed E-state index contributed by atoms with van der Waals surface area (Å²) in [6, 6.07) is 0.475. The van der Waals surface area contributed by atoms with Crippen LogP contribution in [-0.4, -0.2) is 80.2 Å². The van der Waals surface area contributed by atoms with E-state index in [4.69, 9.17) is 0 Å². The SMILES string of the molecule is CS(=O)(=O)NCC(=O)N1C[C@@H]2CN(C3CCCC3)C[C@]2(C(=O)O)C1. The number of sulfonamides is 1. The van der Waals surface area contributed by atoms with Crippen LogP contribution in [0.5, 0.6) is 0 Å². The van der Waals surface area contributed by atoms with Crippen LogP contribution < -0.4 is 4.72 Å². The number of carboxylic acids is 1. The molecular formula is C15H25N3O5S. The molecule has 2 saturated heterocycles. The second-order valence-corrected chi connectivity index (χ2v) is 9.23. The number of hydrogen-bond acceptors (Lipinski definition) is 5. The van der Waals surface area contributed by atoms with Gasteiger partial charge in [-0.05, 0) is 12.8 Å². The van der Waals surface area contributed by atoms with Crippen LogP contribution in [0.2, 0.25) is 0 Å². The maximum atomic E-state index is 12.2. The minimum Gasteiger partial charge on any atom is -0.481 e. The number of likely N-dealkylation sites (tertiary alicyclic amines) is 2. The Morgan fingerprint density at radius 3 is 2.42 bits per heavy atom. The third-order valence-corrected chi connectivity index (χ3v) is 6.41. The molecule has 1 amide bonds. The van der Waals surface area contributed by atoms with E-state index in [0.29, 0.717) is 25.7 Å². The van der Waals surface area contributed by atoms with Crippen molar-refractivity contribution in [3.05, 3.63) is 0 Å². The topological polar surface area (TPSA) is 107 Å². The van der Waals surface area contributed by atoms with Gasteiger partial charge < -0.3 is 10.0 Å². The fraction of sp³-hybridized carbons (Fsp3) is 0.867. The number of nitrogens with one attached hydrogen (secondary N) is 1. The van der Waals surface area contributed by atoms with Crippen LogP contribution in [0.3, 0.4) is 0 Å². The fourth-order valence-corrected chi connectivity index (χ4v) is 4.83. The van der Waals surface area contributed by atoms with E-state index in [1.165, 1.54) is 17.7 Å². The van der Waals surface area contributed by atoms with Crippen molar-refractivity contribution in [3.63, 3.8) is 0 Å². The van der Waals surface area contributed by atoms with Gasteiger partial charge in [0.15, 0.2) is 0 Å². The highest BCUT2D eigenvalue weighted by Crippen LogP contribution is 2.45. The molecule has 1 saturated carbocycles. The molecular weight excluding hydrogens is 334 g/mol. The Balaban J connectivity index is 1.67. The van der Waals surface area contributed by atoms with Crippen molar-refractivity contribution in [1.29, 1.82) is 0 Å². The maximum Gasteiger partial charge on any atom is 0.313 e. The van der Waals surface area contributed by atoms with Crippen LogP contribution in [-0.2, 0) is 19.6 Å². The van der Waals surface area contributed by atoms with Crippen LogP contribution in [0, 0.1) is 11.3 Å². The summed E-state index contributed by atoms with van der Waals surface area (Å²) in [6.45, 7) is 1.44. The summed E-state index contributed by atoms with van der Waals surface area (Å²) in [6.07, 6.45) is 5.66. The molecule has 2 atom stereocenters. The second kappa shape index (κ2) is 6.27. The molecule has 3 rings (SSSR count). The zero-order valence-corrected chi connectivity index (χ0v) is 14.7. The Hall–Kier alpha value is -1.19. The van der Waals surface area contributed by atoms with Gasteiger partial charge >= 0.3 is 5.97 Å². The van der Waals surface area contributed by atoms with Crippen LogP contribution in [0.1, 0.15) is 25.7 Å². The lowest BCUT2D eigenvalue weighted by molar-refractivity contribution is -0.149. The third kappa shape index (κ3) is 3.29. The molecule has 2 heterocycles. The summed E-state index contributed by atoms with van der Waals surface area (Å²) < 4.78 is 24.4. The number of carboxylic acid groups (broad SMARTS) is 1. The molecule has 8 nitrogen and oxygen atoms in total. The van der Waals surface area contributed by atoms with Gasteiger partial charge in [-0.2, -0.15) is 0 Å². The molecule has 0 radical (unpaired) electrons. The summed E-state index contributed by atoms with van der Waals surface area (Å²) in [5, 5.41) is 9.82. The summed E-state index contributed by atoms with van der Waals surface area (Å²) in [4.78, 5) is 28.0. The first-order valence-corrected chi connectivity index (χ1v) is 10.3. The predicted octanol–water partition coefficient (Wildman–Crippen LogP) is -0.677. The molecule has 1 aliphatic carbocycles. The van der Waals surface area contributed by atoms with Gasteiger partial charge in [0.05, 0.1) is 12.8 Å². The normalized spacial score (nSPS) is 31.5. The summed E-state index contributed by atoms with van der Waals surface area (Å²) in [7, 11) is -3.44. The molecule has 0 spiro atoms. The standard InChI is InChI=1S/C15H25N3O5S/c1-24(22,23)16-6-13(19)18-8-11-7-17(12-4-2-3-5-12)9-15(11,10-18)14(20)21/h11-12,16H,2-10H2,1H3,(H,20,21)/t11-,15-/m0/s1. The van der Waals surface area contributed by atoms with Gasteiger partial charge in [-0.1, -0.05) is 12.8 Å². The van der Waals surface area contributed by atoms with E-state index in [1.54, 1.807) is 0 Å². The maximum absolute atomic E-state index is 12.2. The molecule has 136 valence electrons. The van der Waals surface area contributed by atoms with Gasteiger partial charge in [0, 0.05) is 38.1 Å². The van der Waals surface area contributed by atoms with E-state index in [0.717, 1.165) is 19.1 Å². The Morgan fingerprint density at radius 2 is 1.88 bits per heavy atom. The smallest absolute Gasteiger partial charge is 0.313 e. The number of rotatable bonds is 5. The van der Waals surface area contributed by atoms with E-state index in [9.17, 15) is 23.1 Å². The third-order valence-electron chi connectivity index (χ3n) is 5.74. The molecule has 0 aromatic heterocycles.